The van der Waals surface area contributed by atoms with Gasteiger partial charge in [-0.2, -0.15) is 0 Å². The fraction of sp³-hybridized carbons (Fsp3) is 0.556. The van der Waals surface area contributed by atoms with Crippen molar-refractivity contribution in [2.45, 2.75) is 49.7 Å². The van der Waals surface area contributed by atoms with Crippen molar-refractivity contribution in [3.05, 3.63) is 29.8 Å². The zero-order valence-corrected chi connectivity index (χ0v) is 14.6. The van der Waals surface area contributed by atoms with E-state index in [1.807, 2.05) is 23.1 Å². The predicted molar refractivity (Wildman–Crippen MR) is 92.9 cm³/mol. The molecule has 1 aromatic carbocycles. The molecule has 1 fully saturated rings. The van der Waals surface area contributed by atoms with E-state index in [0.29, 0.717) is 11.5 Å². The number of carboxylic acid groups (broad SMARTS) is 1. The summed E-state index contributed by atoms with van der Waals surface area (Å²) in [6, 6.07) is 7.34. The van der Waals surface area contributed by atoms with E-state index < -0.39 is 11.2 Å². The number of aliphatic carboxylic acids is 1. The lowest BCUT2D eigenvalue weighted by atomic mass is 9.98. The first-order valence-electron chi connectivity index (χ1n) is 8.30. The number of carboxylic acids is 1. The van der Waals surface area contributed by atoms with Gasteiger partial charge in [0.15, 0.2) is 0 Å². The van der Waals surface area contributed by atoms with E-state index in [1.165, 1.54) is 24.6 Å². The minimum atomic E-state index is -0.863. The van der Waals surface area contributed by atoms with Crippen molar-refractivity contribution in [1.82, 2.24) is 4.90 Å². The van der Waals surface area contributed by atoms with Crippen LogP contribution in [-0.4, -0.2) is 40.2 Å². The highest BCUT2D eigenvalue weighted by Crippen LogP contribution is 2.29. The number of hydrogen-bond acceptors (Lipinski definition) is 3. The third-order valence-electron chi connectivity index (χ3n) is 4.48. The zero-order valence-electron chi connectivity index (χ0n) is 13.8. The summed E-state index contributed by atoms with van der Waals surface area (Å²) in [5.74, 6) is -0.121. The summed E-state index contributed by atoms with van der Waals surface area (Å²) in [5.41, 5.74) is 0.626. The molecule has 2 atom stereocenters. The molecular formula is C18H25NO3S. The first kappa shape index (κ1) is 17.9. The topological polar surface area (TPSA) is 57.6 Å². The molecule has 0 radical (unpaired) electrons. The number of hydrogen-bond donors (Lipinski definition) is 1. The first-order chi connectivity index (χ1) is 11.0. The average molecular weight is 335 g/mol. The molecule has 1 N–H and O–H groups in total. The number of carbonyl (C=O) groups excluding carboxylic acids is 1. The molecule has 0 spiro atoms. The molecule has 2 rings (SSSR count). The summed E-state index contributed by atoms with van der Waals surface area (Å²) < 4.78 is 0. The predicted octanol–water partition coefficient (Wildman–Crippen LogP) is 3.90. The number of likely N-dealkylation sites (tertiary alicyclic amines) is 1. The van der Waals surface area contributed by atoms with Gasteiger partial charge >= 0.3 is 5.97 Å². The highest BCUT2D eigenvalue weighted by molar-refractivity contribution is 8.00. The molecule has 2 unspecified atom stereocenters. The fourth-order valence-electron chi connectivity index (χ4n) is 2.93. The number of nitrogens with zero attached hydrogens (tertiary/aromatic N) is 1. The monoisotopic (exact) mass is 335 g/mol. The van der Waals surface area contributed by atoms with Crippen molar-refractivity contribution in [1.29, 1.82) is 0 Å². The molecule has 1 heterocycles. The maximum Gasteiger partial charge on any atom is 0.316 e. The van der Waals surface area contributed by atoms with Crippen LogP contribution in [0, 0.1) is 5.92 Å². The molecule has 0 saturated carbocycles. The summed E-state index contributed by atoms with van der Waals surface area (Å²) in [6.07, 6.45) is 4.46. The summed E-state index contributed by atoms with van der Waals surface area (Å²) in [7, 11) is 0. The van der Waals surface area contributed by atoms with E-state index in [9.17, 15) is 9.59 Å². The van der Waals surface area contributed by atoms with Crippen molar-refractivity contribution < 1.29 is 14.7 Å². The van der Waals surface area contributed by atoms with Crippen LogP contribution in [0.15, 0.2) is 29.2 Å². The zero-order chi connectivity index (χ0) is 16.8. The van der Waals surface area contributed by atoms with Crippen LogP contribution in [0.5, 0.6) is 0 Å². The van der Waals surface area contributed by atoms with Crippen LogP contribution in [0.25, 0.3) is 0 Å². The largest absolute Gasteiger partial charge is 0.480 e. The highest BCUT2D eigenvalue weighted by atomic mass is 32.2. The summed E-state index contributed by atoms with van der Waals surface area (Å²) in [4.78, 5) is 26.7. The highest BCUT2D eigenvalue weighted by Gasteiger charge is 2.24. The number of benzene rings is 1. The molecule has 1 aliphatic heterocycles. The Morgan fingerprint density at radius 1 is 1.30 bits per heavy atom. The second-order valence-electron chi connectivity index (χ2n) is 6.09. The van der Waals surface area contributed by atoms with Crippen molar-refractivity contribution in [2.75, 3.05) is 13.1 Å². The van der Waals surface area contributed by atoms with Gasteiger partial charge in [0.1, 0.15) is 5.25 Å². The number of amides is 1. The Morgan fingerprint density at radius 2 is 2.04 bits per heavy atom. The molecule has 23 heavy (non-hydrogen) atoms. The molecule has 1 saturated heterocycles. The minimum absolute atomic E-state index is 0.0300. The Kier molecular flexibility index (Phi) is 6.51. The Hall–Kier alpha value is -1.49. The molecule has 0 aromatic heterocycles. The van der Waals surface area contributed by atoms with Gasteiger partial charge in [0.2, 0.25) is 0 Å². The molecule has 1 aliphatic rings. The third kappa shape index (κ3) is 4.74. The van der Waals surface area contributed by atoms with Gasteiger partial charge in [-0.15, -0.1) is 11.8 Å². The second-order valence-corrected chi connectivity index (χ2v) is 7.47. The minimum Gasteiger partial charge on any atom is -0.480 e. The average Bonchev–Trinajstić information content (AvgIpc) is 2.80. The Balaban J connectivity index is 2.14. The molecule has 4 nitrogen and oxygen atoms in total. The van der Waals surface area contributed by atoms with Crippen LogP contribution in [0.1, 0.15) is 49.9 Å². The molecular weight excluding hydrogens is 310 g/mol. The normalized spacial score (nSPS) is 19.9. The van der Waals surface area contributed by atoms with Crippen molar-refractivity contribution in [3.8, 4) is 0 Å². The van der Waals surface area contributed by atoms with E-state index in [2.05, 4.69) is 6.92 Å². The maximum atomic E-state index is 12.9. The lowest BCUT2D eigenvalue weighted by Gasteiger charge is -2.22. The van der Waals surface area contributed by atoms with Crippen molar-refractivity contribution in [2.24, 2.45) is 5.92 Å². The number of rotatable bonds is 5. The summed E-state index contributed by atoms with van der Waals surface area (Å²) in [5, 5.41) is 8.53. The van der Waals surface area contributed by atoms with Gasteiger partial charge in [0.25, 0.3) is 5.91 Å². The van der Waals surface area contributed by atoms with Crippen LogP contribution < -0.4 is 0 Å². The van der Waals surface area contributed by atoms with E-state index >= 15 is 0 Å². The number of carbonyl (C=O) groups is 2. The van der Waals surface area contributed by atoms with Crippen molar-refractivity contribution in [3.63, 3.8) is 0 Å². The molecule has 1 amide bonds. The quantitative estimate of drug-likeness (QED) is 0.829. The lowest BCUT2D eigenvalue weighted by Crippen LogP contribution is -2.32. The lowest BCUT2D eigenvalue weighted by molar-refractivity contribution is -0.136. The Morgan fingerprint density at radius 3 is 2.74 bits per heavy atom. The van der Waals surface area contributed by atoms with Crippen molar-refractivity contribution >= 4 is 23.6 Å². The smallest absolute Gasteiger partial charge is 0.316 e. The van der Waals surface area contributed by atoms with Gasteiger partial charge in [0.05, 0.1) is 5.56 Å². The van der Waals surface area contributed by atoms with Gasteiger partial charge in [-0.05, 0) is 44.2 Å². The van der Waals surface area contributed by atoms with Crippen LogP contribution >= 0.6 is 11.8 Å². The van der Waals surface area contributed by atoms with Crippen LogP contribution in [0.4, 0.5) is 0 Å². The fourth-order valence-corrected chi connectivity index (χ4v) is 3.86. The first-order valence-corrected chi connectivity index (χ1v) is 9.18. The number of thioether (sulfide) groups is 1. The molecule has 5 heteroatoms. The van der Waals surface area contributed by atoms with Gasteiger partial charge in [0, 0.05) is 18.0 Å². The maximum absolute atomic E-state index is 12.9. The Bertz CT molecular complexity index is 561. The molecule has 1 aromatic rings. The SMILES string of the molecule is CCC1CCCN(C(=O)c2ccccc2SC(C)C(=O)O)CC1. The van der Waals surface area contributed by atoms with Crippen LogP contribution in [0.2, 0.25) is 0 Å². The van der Waals surface area contributed by atoms with E-state index in [1.54, 1.807) is 13.0 Å². The van der Waals surface area contributed by atoms with Gasteiger partial charge in [-0.1, -0.05) is 25.5 Å². The van der Waals surface area contributed by atoms with Crippen LogP contribution in [-0.2, 0) is 4.79 Å². The van der Waals surface area contributed by atoms with Gasteiger partial charge in [-0.25, -0.2) is 0 Å². The molecule has 126 valence electrons. The molecule has 0 aliphatic carbocycles. The summed E-state index contributed by atoms with van der Waals surface area (Å²) in [6.45, 7) is 5.45. The third-order valence-corrected chi connectivity index (χ3v) is 5.65. The summed E-state index contributed by atoms with van der Waals surface area (Å²) >= 11 is 1.23. The molecule has 0 bridgehead atoms. The van der Waals surface area contributed by atoms with E-state index in [0.717, 1.165) is 30.8 Å². The second kappa shape index (κ2) is 8.39. The van der Waals surface area contributed by atoms with Gasteiger partial charge in [-0.3, -0.25) is 9.59 Å². The van der Waals surface area contributed by atoms with Gasteiger partial charge < -0.3 is 10.0 Å². The van der Waals surface area contributed by atoms with E-state index in [-0.39, 0.29) is 5.91 Å². The van der Waals surface area contributed by atoms with Crippen LogP contribution in [0.3, 0.4) is 0 Å². The standard InChI is InChI=1S/C18H25NO3S/c1-3-14-7-6-11-19(12-10-14)17(20)15-8-4-5-9-16(15)23-13(2)18(21)22/h4-5,8-9,13-14H,3,6-7,10-12H2,1-2H3,(H,21,22). The van der Waals surface area contributed by atoms with E-state index in [4.69, 9.17) is 5.11 Å². The Labute approximate surface area is 142 Å².